The van der Waals surface area contributed by atoms with Crippen LogP contribution in [0.25, 0.3) is 21.7 Å². The molecule has 4 heterocycles. The van der Waals surface area contributed by atoms with Gasteiger partial charge in [0.15, 0.2) is 5.58 Å². The van der Waals surface area contributed by atoms with Crippen molar-refractivity contribution in [3.63, 3.8) is 0 Å². The molecular formula is C19H22N4O3S. The van der Waals surface area contributed by atoms with Crippen molar-refractivity contribution in [3.8, 4) is 16.3 Å². The van der Waals surface area contributed by atoms with E-state index in [1.165, 1.54) is 12.8 Å². The smallest absolute Gasteiger partial charge is 0.298 e. The number of piperazine rings is 1. The van der Waals surface area contributed by atoms with E-state index in [9.17, 15) is 0 Å². The minimum absolute atomic E-state index is 0.491. The molecule has 2 aliphatic rings. The van der Waals surface area contributed by atoms with Crippen molar-refractivity contribution >= 4 is 28.5 Å². The molecule has 27 heavy (non-hydrogen) atoms. The molecule has 2 bridgehead atoms. The third kappa shape index (κ3) is 3.28. The number of nitrogens with zero attached hydrogens (tertiary/aromatic N) is 3. The van der Waals surface area contributed by atoms with Crippen molar-refractivity contribution in [1.82, 2.24) is 15.3 Å². The average Bonchev–Trinajstić information content (AvgIpc) is 3.41. The van der Waals surface area contributed by atoms with Crippen LogP contribution in [0.1, 0.15) is 12.8 Å². The Morgan fingerprint density at radius 1 is 1.26 bits per heavy atom. The first kappa shape index (κ1) is 17.0. The second kappa shape index (κ2) is 7.10. The summed E-state index contributed by atoms with van der Waals surface area (Å²) in [5.41, 5.74) is 2.49. The highest BCUT2D eigenvalue weighted by Gasteiger charge is 2.34. The Hall–Kier alpha value is -2.16. The quantitative estimate of drug-likeness (QED) is 0.653. The van der Waals surface area contributed by atoms with Crippen molar-refractivity contribution in [2.75, 3.05) is 38.3 Å². The monoisotopic (exact) mass is 386 g/mol. The van der Waals surface area contributed by atoms with Crippen molar-refractivity contribution < 1.29 is 13.9 Å². The molecule has 2 aliphatic heterocycles. The summed E-state index contributed by atoms with van der Waals surface area (Å²) in [5, 5.41) is 6.51. The number of methoxy groups -OCH3 is 1. The summed E-state index contributed by atoms with van der Waals surface area (Å²) in [7, 11) is 1.66. The Kier molecular flexibility index (Phi) is 4.47. The second-order valence-electron chi connectivity index (χ2n) is 7.04. The second-order valence-corrected chi connectivity index (χ2v) is 7.93. The largest absolute Gasteiger partial charge is 0.491 e. The maximum atomic E-state index is 6.24. The number of benzene rings is 1. The SMILES string of the molecule is COCCOc1cc(-c2nccs2)c2oc(N3CC4CCC(C3)N4)nc2c1. The zero-order valence-corrected chi connectivity index (χ0v) is 16.0. The van der Waals surface area contributed by atoms with Gasteiger partial charge in [0.05, 0.1) is 12.2 Å². The zero-order valence-electron chi connectivity index (χ0n) is 15.2. The first-order valence-corrected chi connectivity index (χ1v) is 10.2. The molecule has 2 aromatic heterocycles. The fourth-order valence-corrected chi connectivity index (χ4v) is 4.58. The molecule has 5 rings (SSSR count). The molecule has 2 atom stereocenters. The molecule has 8 heteroatoms. The van der Waals surface area contributed by atoms with E-state index in [4.69, 9.17) is 18.9 Å². The van der Waals surface area contributed by atoms with Crippen LogP contribution in [0, 0.1) is 0 Å². The molecule has 142 valence electrons. The van der Waals surface area contributed by atoms with Gasteiger partial charge in [-0.3, -0.25) is 0 Å². The topological polar surface area (TPSA) is 72.7 Å². The van der Waals surface area contributed by atoms with Gasteiger partial charge >= 0.3 is 0 Å². The molecule has 0 saturated carbocycles. The van der Waals surface area contributed by atoms with Gasteiger partial charge in [-0.25, -0.2) is 4.98 Å². The van der Waals surface area contributed by atoms with Gasteiger partial charge in [0.2, 0.25) is 0 Å². The van der Waals surface area contributed by atoms with Crippen molar-refractivity contribution in [2.45, 2.75) is 24.9 Å². The predicted molar refractivity (Wildman–Crippen MR) is 105 cm³/mol. The van der Waals surface area contributed by atoms with Gasteiger partial charge < -0.3 is 24.1 Å². The maximum Gasteiger partial charge on any atom is 0.298 e. The molecule has 1 N–H and O–H groups in total. The van der Waals surface area contributed by atoms with Gasteiger partial charge in [-0.1, -0.05) is 0 Å². The van der Waals surface area contributed by atoms with Crippen LogP contribution in [0.15, 0.2) is 28.1 Å². The third-order valence-corrected chi connectivity index (χ3v) is 5.96. The molecular weight excluding hydrogens is 364 g/mol. The molecule has 3 aromatic rings. The Morgan fingerprint density at radius 2 is 2.11 bits per heavy atom. The van der Waals surface area contributed by atoms with Crippen molar-refractivity contribution in [2.24, 2.45) is 0 Å². The first-order chi connectivity index (χ1) is 13.3. The summed E-state index contributed by atoms with van der Waals surface area (Å²) < 4.78 is 17.2. The number of rotatable bonds is 6. The lowest BCUT2D eigenvalue weighted by Crippen LogP contribution is -2.51. The molecule has 2 unspecified atom stereocenters. The lowest BCUT2D eigenvalue weighted by molar-refractivity contribution is 0.146. The van der Waals surface area contributed by atoms with E-state index < -0.39 is 0 Å². The lowest BCUT2D eigenvalue weighted by atomic mass is 10.2. The number of anilines is 1. The van der Waals surface area contributed by atoms with Crippen LogP contribution in [0.5, 0.6) is 5.75 Å². The average molecular weight is 386 g/mol. The Balaban J connectivity index is 1.52. The number of fused-ring (bicyclic) bond motifs is 3. The summed E-state index contributed by atoms with van der Waals surface area (Å²) in [6, 6.07) is 5.67. The highest BCUT2D eigenvalue weighted by atomic mass is 32.1. The zero-order chi connectivity index (χ0) is 18.2. The molecule has 1 aromatic carbocycles. The minimum atomic E-state index is 0.491. The predicted octanol–water partition coefficient (Wildman–Crippen LogP) is 2.92. The van der Waals surface area contributed by atoms with E-state index in [-0.39, 0.29) is 0 Å². The van der Waals surface area contributed by atoms with Gasteiger partial charge in [0.1, 0.15) is 22.9 Å². The lowest BCUT2D eigenvalue weighted by Gasteiger charge is -2.31. The molecule has 0 radical (unpaired) electrons. The molecule has 0 aliphatic carbocycles. The van der Waals surface area contributed by atoms with E-state index in [2.05, 4.69) is 15.2 Å². The van der Waals surface area contributed by atoms with E-state index in [1.807, 2.05) is 17.5 Å². The molecule has 0 amide bonds. The standard InChI is InChI=1S/C19H22N4O3S/c1-24-5-6-25-14-8-15(18-20-4-7-27-18)17-16(9-14)22-19(26-17)23-10-12-2-3-13(11-23)21-12/h4,7-9,12-13,21H,2-3,5-6,10-11H2,1H3. The highest BCUT2D eigenvalue weighted by molar-refractivity contribution is 7.13. The molecule has 2 fully saturated rings. The minimum Gasteiger partial charge on any atom is -0.491 e. The molecule has 0 spiro atoms. The maximum absolute atomic E-state index is 6.24. The van der Waals surface area contributed by atoms with E-state index in [1.54, 1.807) is 24.6 Å². The van der Waals surface area contributed by atoms with Gasteiger partial charge in [0.25, 0.3) is 6.01 Å². The van der Waals surface area contributed by atoms with Crippen molar-refractivity contribution in [3.05, 3.63) is 23.7 Å². The number of aromatic nitrogens is 2. The summed E-state index contributed by atoms with van der Waals surface area (Å²) in [6.45, 7) is 2.91. The third-order valence-electron chi connectivity index (χ3n) is 5.16. The Bertz CT molecular complexity index is 915. The van der Waals surface area contributed by atoms with Crippen LogP contribution in [0.3, 0.4) is 0 Å². The number of thiazole rings is 1. The molecule has 2 saturated heterocycles. The van der Waals surface area contributed by atoms with Gasteiger partial charge in [0, 0.05) is 49.9 Å². The normalized spacial score (nSPS) is 21.9. The van der Waals surface area contributed by atoms with Gasteiger partial charge in [-0.05, 0) is 18.9 Å². The number of ether oxygens (including phenoxy) is 2. The first-order valence-electron chi connectivity index (χ1n) is 9.27. The molecule has 7 nitrogen and oxygen atoms in total. The van der Waals surface area contributed by atoms with Crippen LogP contribution in [-0.4, -0.2) is 55.5 Å². The van der Waals surface area contributed by atoms with Crippen LogP contribution in [0.4, 0.5) is 6.01 Å². The highest BCUT2D eigenvalue weighted by Crippen LogP contribution is 2.37. The number of hydrogen-bond donors (Lipinski definition) is 1. The van der Waals surface area contributed by atoms with Gasteiger partial charge in [-0.15, -0.1) is 11.3 Å². The number of oxazole rings is 1. The van der Waals surface area contributed by atoms with Crippen LogP contribution >= 0.6 is 11.3 Å². The number of nitrogens with one attached hydrogen (secondary N) is 1. The summed E-state index contributed by atoms with van der Waals surface area (Å²) in [6.07, 6.45) is 4.25. The summed E-state index contributed by atoms with van der Waals surface area (Å²) in [5.74, 6) is 0.755. The summed E-state index contributed by atoms with van der Waals surface area (Å²) >= 11 is 1.58. The van der Waals surface area contributed by atoms with Gasteiger partial charge in [-0.2, -0.15) is 4.98 Å². The van der Waals surface area contributed by atoms with Crippen molar-refractivity contribution in [1.29, 1.82) is 0 Å². The Labute approximate surface area is 161 Å². The van der Waals surface area contributed by atoms with E-state index >= 15 is 0 Å². The van der Waals surface area contributed by atoms with Crippen LogP contribution in [-0.2, 0) is 4.74 Å². The summed E-state index contributed by atoms with van der Waals surface area (Å²) in [4.78, 5) is 11.5. The van der Waals surface area contributed by atoms with Crippen LogP contribution < -0.4 is 15.0 Å². The van der Waals surface area contributed by atoms with E-state index in [0.717, 1.165) is 40.5 Å². The van der Waals surface area contributed by atoms with Crippen LogP contribution in [0.2, 0.25) is 0 Å². The fraction of sp³-hybridized carbons (Fsp3) is 0.474. The fourth-order valence-electron chi connectivity index (χ4n) is 3.93. The Morgan fingerprint density at radius 3 is 2.85 bits per heavy atom. The van der Waals surface area contributed by atoms with E-state index in [0.29, 0.717) is 31.3 Å². The number of hydrogen-bond acceptors (Lipinski definition) is 8.